The van der Waals surface area contributed by atoms with E-state index in [0.29, 0.717) is 0 Å². The second-order valence-electron chi connectivity index (χ2n) is 3.36. The zero-order valence-electron chi connectivity index (χ0n) is 6.27. The molecule has 1 fully saturated rings. The van der Waals surface area contributed by atoms with Gasteiger partial charge in [0, 0.05) is 0 Å². The average molecular weight is 127 g/mol. The van der Waals surface area contributed by atoms with Crippen LogP contribution in [0.5, 0.6) is 0 Å². The zero-order chi connectivity index (χ0) is 6.69. The summed E-state index contributed by atoms with van der Waals surface area (Å²) in [6.45, 7) is 3.11. The smallest absolute Gasteiger partial charge is 0.00515 e. The summed E-state index contributed by atoms with van der Waals surface area (Å²) in [6, 6.07) is 0. The van der Waals surface area contributed by atoms with Crippen LogP contribution in [0.25, 0.3) is 0 Å². The maximum Gasteiger partial charge on any atom is -0.00515 e. The van der Waals surface area contributed by atoms with Gasteiger partial charge in [-0.3, -0.25) is 0 Å². The minimum Gasteiger partial charge on any atom is -0.330 e. The summed E-state index contributed by atoms with van der Waals surface area (Å²) in [5.74, 6) is 1.84. The molecular formula is C8H17N. The Morgan fingerprint density at radius 1 is 1.56 bits per heavy atom. The molecule has 0 aromatic rings. The lowest BCUT2D eigenvalue weighted by Crippen LogP contribution is -2.10. The number of rotatable bonds is 4. The van der Waals surface area contributed by atoms with E-state index in [2.05, 4.69) is 6.92 Å². The van der Waals surface area contributed by atoms with E-state index >= 15 is 0 Å². The molecule has 54 valence electrons. The van der Waals surface area contributed by atoms with Crippen LogP contribution in [-0.4, -0.2) is 6.54 Å². The maximum atomic E-state index is 5.48. The van der Waals surface area contributed by atoms with Crippen molar-refractivity contribution in [2.45, 2.75) is 32.6 Å². The molecule has 0 unspecified atom stereocenters. The largest absolute Gasteiger partial charge is 0.330 e. The highest BCUT2D eigenvalue weighted by molar-refractivity contribution is 4.73. The second kappa shape index (κ2) is 3.21. The lowest BCUT2D eigenvalue weighted by molar-refractivity contribution is 0.499. The summed E-state index contributed by atoms with van der Waals surface area (Å²) in [5.41, 5.74) is 5.48. The van der Waals surface area contributed by atoms with E-state index < -0.39 is 0 Å². The van der Waals surface area contributed by atoms with Gasteiger partial charge in [-0.2, -0.15) is 0 Å². The van der Waals surface area contributed by atoms with Crippen LogP contribution < -0.4 is 5.73 Å². The molecule has 0 heterocycles. The number of nitrogens with two attached hydrogens (primary N) is 1. The van der Waals surface area contributed by atoms with Crippen molar-refractivity contribution in [3.63, 3.8) is 0 Å². The zero-order valence-corrected chi connectivity index (χ0v) is 6.27. The van der Waals surface area contributed by atoms with Crippen LogP contribution >= 0.6 is 0 Å². The molecule has 0 amide bonds. The van der Waals surface area contributed by atoms with Gasteiger partial charge < -0.3 is 5.73 Å². The summed E-state index contributed by atoms with van der Waals surface area (Å²) < 4.78 is 0. The van der Waals surface area contributed by atoms with Gasteiger partial charge >= 0.3 is 0 Å². The quantitative estimate of drug-likeness (QED) is 0.612. The van der Waals surface area contributed by atoms with E-state index in [4.69, 9.17) is 5.73 Å². The molecule has 1 saturated carbocycles. The van der Waals surface area contributed by atoms with E-state index in [1.807, 2.05) is 0 Å². The first-order valence-corrected chi connectivity index (χ1v) is 4.03. The minimum atomic E-state index is 0.755. The molecule has 1 heteroatoms. The van der Waals surface area contributed by atoms with Crippen molar-refractivity contribution in [1.82, 2.24) is 0 Å². The molecule has 0 aliphatic heterocycles. The number of hydrogen-bond donors (Lipinski definition) is 1. The van der Waals surface area contributed by atoms with Gasteiger partial charge in [0.1, 0.15) is 0 Å². The average Bonchev–Trinajstić information content (AvgIpc) is 2.65. The lowest BCUT2D eigenvalue weighted by atomic mass is 10.0. The van der Waals surface area contributed by atoms with Gasteiger partial charge in [0.15, 0.2) is 0 Å². The second-order valence-corrected chi connectivity index (χ2v) is 3.36. The fraction of sp³-hybridized carbons (Fsp3) is 1.00. The third-order valence-corrected chi connectivity index (χ3v) is 2.17. The van der Waals surface area contributed by atoms with Crippen LogP contribution in [0.1, 0.15) is 32.6 Å². The SMILES string of the molecule is C[C@@H](CN)CCC1CC1. The molecule has 1 nitrogen and oxygen atoms in total. The summed E-state index contributed by atoms with van der Waals surface area (Å²) in [7, 11) is 0. The molecule has 1 aliphatic carbocycles. The first kappa shape index (κ1) is 7.07. The van der Waals surface area contributed by atoms with Crippen LogP contribution in [0.3, 0.4) is 0 Å². The molecule has 0 radical (unpaired) electrons. The molecule has 0 saturated heterocycles. The van der Waals surface area contributed by atoms with Crippen molar-refractivity contribution in [1.29, 1.82) is 0 Å². The van der Waals surface area contributed by atoms with E-state index in [-0.39, 0.29) is 0 Å². The Kier molecular flexibility index (Phi) is 2.52. The van der Waals surface area contributed by atoms with Gasteiger partial charge in [-0.05, 0) is 24.8 Å². The fourth-order valence-corrected chi connectivity index (χ4v) is 1.04. The highest BCUT2D eigenvalue weighted by Crippen LogP contribution is 2.34. The first-order valence-electron chi connectivity index (χ1n) is 4.03. The summed E-state index contributed by atoms with van der Waals surface area (Å²) in [5, 5.41) is 0. The monoisotopic (exact) mass is 127 g/mol. The Balaban J connectivity index is 1.90. The lowest BCUT2D eigenvalue weighted by Gasteiger charge is -2.05. The Hall–Kier alpha value is -0.0400. The molecule has 1 aliphatic rings. The topological polar surface area (TPSA) is 26.0 Å². The predicted octanol–water partition coefficient (Wildman–Crippen LogP) is 1.77. The molecular weight excluding hydrogens is 110 g/mol. The Labute approximate surface area is 57.6 Å². The summed E-state index contributed by atoms with van der Waals surface area (Å²) in [4.78, 5) is 0. The highest BCUT2D eigenvalue weighted by atomic mass is 14.5. The van der Waals surface area contributed by atoms with Crippen LogP contribution in [0.2, 0.25) is 0 Å². The highest BCUT2D eigenvalue weighted by Gasteiger charge is 2.20. The van der Waals surface area contributed by atoms with E-state index in [1.54, 1.807) is 0 Å². The van der Waals surface area contributed by atoms with Crippen molar-refractivity contribution in [2.24, 2.45) is 17.6 Å². The van der Waals surface area contributed by atoms with Crippen LogP contribution in [-0.2, 0) is 0 Å². The van der Waals surface area contributed by atoms with Crippen molar-refractivity contribution in [2.75, 3.05) is 6.54 Å². The minimum absolute atomic E-state index is 0.755. The molecule has 0 aromatic carbocycles. The Morgan fingerprint density at radius 3 is 2.67 bits per heavy atom. The number of hydrogen-bond acceptors (Lipinski definition) is 1. The Bertz CT molecular complexity index is 76.6. The van der Waals surface area contributed by atoms with E-state index in [1.165, 1.54) is 25.7 Å². The maximum absolute atomic E-state index is 5.48. The van der Waals surface area contributed by atoms with E-state index in [0.717, 1.165) is 18.4 Å². The summed E-state index contributed by atoms with van der Waals surface area (Å²) in [6.07, 6.45) is 5.74. The molecule has 0 aromatic heterocycles. The standard InChI is InChI=1S/C8H17N/c1-7(6-9)2-3-8-4-5-8/h7-8H,2-6,9H2,1H3/t7-/m1/s1. The van der Waals surface area contributed by atoms with Crippen LogP contribution in [0.4, 0.5) is 0 Å². The Morgan fingerprint density at radius 2 is 2.22 bits per heavy atom. The molecule has 0 bridgehead atoms. The molecule has 0 spiro atoms. The molecule has 2 N–H and O–H groups in total. The normalized spacial score (nSPS) is 22.0. The van der Waals surface area contributed by atoms with Gasteiger partial charge in [-0.15, -0.1) is 0 Å². The predicted molar refractivity (Wildman–Crippen MR) is 40.2 cm³/mol. The van der Waals surface area contributed by atoms with Gasteiger partial charge in [-0.1, -0.05) is 26.2 Å². The van der Waals surface area contributed by atoms with Gasteiger partial charge in [-0.25, -0.2) is 0 Å². The van der Waals surface area contributed by atoms with Crippen LogP contribution in [0.15, 0.2) is 0 Å². The van der Waals surface area contributed by atoms with Gasteiger partial charge in [0.05, 0.1) is 0 Å². The molecule has 1 atom stereocenters. The van der Waals surface area contributed by atoms with Crippen LogP contribution in [0, 0.1) is 11.8 Å². The molecule has 1 rings (SSSR count). The van der Waals surface area contributed by atoms with Crippen molar-refractivity contribution in [3.8, 4) is 0 Å². The van der Waals surface area contributed by atoms with Gasteiger partial charge in [0.25, 0.3) is 0 Å². The summed E-state index contributed by atoms with van der Waals surface area (Å²) >= 11 is 0. The van der Waals surface area contributed by atoms with E-state index in [9.17, 15) is 0 Å². The van der Waals surface area contributed by atoms with Crippen molar-refractivity contribution in [3.05, 3.63) is 0 Å². The third-order valence-electron chi connectivity index (χ3n) is 2.17. The molecule has 9 heavy (non-hydrogen) atoms. The third kappa shape index (κ3) is 2.85. The van der Waals surface area contributed by atoms with Gasteiger partial charge in [0.2, 0.25) is 0 Å². The first-order chi connectivity index (χ1) is 4.33. The van der Waals surface area contributed by atoms with Crippen molar-refractivity contribution < 1.29 is 0 Å². The fourth-order valence-electron chi connectivity index (χ4n) is 1.04. The van der Waals surface area contributed by atoms with Crippen molar-refractivity contribution >= 4 is 0 Å².